The van der Waals surface area contributed by atoms with E-state index in [1.54, 1.807) is 6.92 Å². The van der Waals surface area contributed by atoms with Crippen LogP contribution in [0.1, 0.15) is 47.1 Å². The van der Waals surface area contributed by atoms with Gasteiger partial charge < -0.3 is 4.90 Å². The molecule has 0 N–H and O–H groups in total. The molecule has 1 aliphatic heterocycles. The summed E-state index contributed by atoms with van der Waals surface area (Å²) in [5.74, 6) is 0.598. The fraction of sp³-hybridized carbons (Fsp3) is 0.476. The molecule has 1 fully saturated rings. The molecule has 2 aromatic heterocycles. The van der Waals surface area contributed by atoms with Crippen LogP contribution in [0.3, 0.4) is 0 Å². The monoisotopic (exact) mass is 373 g/mol. The first-order valence-electron chi connectivity index (χ1n) is 9.08. The molecule has 0 saturated carbocycles. The van der Waals surface area contributed by atoms with Gasteiger partial charge in [0.15, 0.2) is 0 Å². The lowest BCUT2D eigenvalue weighted by atomic mass is 9.94. The molecule has 0 aromatic carbocycles. The lowest BCUT2D eigenvalue weighted by molar-refractivity contribution is -0.122. The Labute approximate surface area is 159 Å². The summed E-state index contributed by atoms with van der Waals surface area (Å²) in [7, 11) is 0. The minimum Gasteiger partial charge on any atom is -0.302 e. The number of likely N-dealkylation sites (tertiary alicyclic amines) is 1. The molecule has 0 spiro atoms. The Morgan fingerprint density at radius 3 is 2.36 bits per heavy atom. The van der Waals surface area contributed by atoms with E-state index in [0.29, 0.717) is 5.78 Å². The minimum absolute atomic E-state index is 0.247. The molecule has 0 radical (unpaired) electrons. The molecule has 0 bridgehead atoms. The summed E-state index contributed by atoms with van der Waals surface area (Å²) in [4.78, 5) is 16.9. The second-order valence-electron chi connectivity index (χ2n) is 7.02. The second-order valence-corrected chi connectivity index (χ2v) is 8.85. The Morgan fingerprint density at radius 1 is 1.20 bits per heavy atom. The van der Waals surface area contributed by atoms with Crippen molar-refractivity contribution in [2.45, 2.75) is 40.0 Å². The lowest BCUT2D eigenvalue weighted by Crippen LogP contribution is -2.38. The third-order valence-electron chi connectivity index (χ3n) is 5.09. The molecule has 134 valence electrons. The molecule has 3 heterocycles. The van der Waals surface area contributed by atoms with Gasteiger partial charge in [-0.1, -0.05) is 6.08 Å². The lowest BCUT2D eigenvalue weighted by Gasteiger charge is -2.31. The van der Waals surface area contributed by atoms with Crippen molar-refractivity contribution in [3.8, 4) is 0 Å². The zero-order chi connectivity index (χ0) is 17.8. The number of thiophene rings is 2. The van der Waals surface area contributed by atoms with E-state index >= 15 is 0 Å². The summed E-state index contributed by atoms with van der Waals surface area (Å²) >= 11 is 3.67. The summed E-state index contributed by atoms with van der Waals surface area (Å²) in [5.41, 5.74) is 4.11. The van der Waals surface area contributed by atoms with E-state index in [1.807, 2.05) is 22.7 Å². The van der Waals surface area contributed by atoms with Gasteiger partial charge >= 0.3 is 0 Å². The predicted molar refractivity (Wildman–Crippen MR) is 110 cm³/mol. The van der Waals surface area contributed by atoms with Crippen molar-refractivity contribution in [3.05, 3.63) is 49.9 Å². The third kappa shape index (κ3) is 4.49. The maximum atomic E-state index is 11.7. The van der Waals surface area contributed by atoms with Gasteiger partial charge in [-0.2, -0.15) is 0 Å². The molecule has 0 amide bonds. The average Bonchev–Trinajstić information content (AvgIpc) is 3.21. The van der Waals surface area contributed by atoms with Crippen molar-refractivity contribution in [2.75, 3.05) is 19.6 Å². The van der Waals surface area contributed by atoms with Crippen LogP contribution in [-0.2, 0) is 4.79 Å². The van der Waals surface area contributed by atoms with E-state index in [-0.39, 0.29) is 5.92 Å². The van der Waals surface area contributed by atoms with E-state index in [0.717, 1.165) is 38.9 Å². The van der Waals surface area contributed by atoms with Crippen LogP contribution in [0.25, 0.3) is 5.57 Å². The number of ketones is 1. The zero-order valence-electron chi connectivity index (χ0n) is 15.4. The highest BCUT2D eigenvalue weighted by atomic mass is 32.1. The largest absolute Gasteiger partial charge is 0.302 e. The first-order chi connectivity index (χ1) is 12.1. The molecule has 25 heavy (non-hydrogen) atoms. The smallest absolute Gasteiger partial charge is 0.134 e. The van der Waals surface area contributed by atoms with E-state index < -0.39 is 0 Å². The first kappa shape index (κ1) is 18.6. The standard InChI is InChI=1S/C21H27NOS2/c1-15-8-12-24-20(15)19(21-16(2)9-13-25-21)7-5-11-22-10-4-6-18(14-22)17(3)23/h7-9,12-13,18H,4-6,10-11,14H2,1-3H3/t18-/m0/s1. The van der Waals surface area contributed by atoms with Gasteiger partial charge in [-0.3, -0.25) is 4.79 Å². The van der Waals surface area contributed by atoms with Crippen LogP contribution >= 0.6 is 22.7 Å². The van der Waals surface area contributed by atoms with E-state index in [4.69, 9.17) is 0 Å². The highest BCUT2D eigenvalue weighted by molar-refractivity contribution is 7.14. The number of carbonyl (C=O) groups excluding carboxylic acids is 1. The highest BCUT2D eigenvalue weighted by Crippen LogP contribution is 2.35. The third-order valence-corrected chi connectivity index (χ3v) is 7.19. The average molecular weight is 374 g/mol. The number of aryl methyl sites for hydroxylation is 2. The molecule has 1 saturated heterocycles. The Hall–Kier alpha value is -1.23. The molecule has 2 aromatic rings. The molecular formula is C21H27NOS2. The summed E-state index contributed by atoms with van der Waals surface area (Å²) < 4.78 is 0. The van der Waals surface area contributed by atoms with Crippen molar-refractivity contribution in [1.82, 2.24) is 4.90 Å². The molecule has 0 unspecified atom stereocenters. The molecule has 4 heteroatoms. The SMILES string of the molecule is CC(=O)[C@H]1CCCN(CCC=C(c2sccc2C)c2sccc2C)C1. The summed E-state index contributed by atoms with van der Waals surface area (Å²) in [6.45, 7) is 9.25. The summed E-state index contributed by atoms with van der Waals surface area (Å²) in [5, 5.41) is 4.37. The van der Waals surface area contributed by atoms with Crippen LogP contribution in [0.5, 0.6) is 0 Å². The van der Waals surface area contributed by atoms with Crippen molar-refractivity contribution in [2.24, 2.45) is 5.92 Å². The Morgan fingerprint density at radius 2 is 1.84 bits per heavy atom. The molecule has 3 rings (SSSR count). The van der Waals surface area contributed by atoms with Gasteiger partial charge in [-0.05, 0) is 80.6 Å². The zero-order valence-corrected chi connectivity index (χ0v) is 17.0. The number of hydrogen-bond acceptors (Lipinski definition) is 4. The van der Waals surface area contributed by atoms with E-state index in [2.05, 4.69) is 47.7 Å². The number of Topliss-reactive ketones (excluding diaryl/α,β-unsaturated/α-hetero) is 1. The Bertz CT molecular complexity index is 713. The van der Waals surface area contributed by atoms with Crippen LogP contribution in [0.4, 0.5) is 0 Å². The van der Waals surface area contributed by atoms with Gasteiger partial charge in [0.2, 0.25) is 0 Å². The highest BCUT2D eigenvalue weighted by Gasteiger charge is 2.22. The van der Waals surface area contributed by atoms with Crippen LogP contribution in [0.2, 0.25) is 0 Å². The Balaban J connectivity index is 1.73. The van der Waals surface area contributed by atoms with Gasteiger partial charge in [0.05, 0.1) is 0 Å². The summed E-state index contributed by atoms with van der Waals surface area (Å²) in [6, 6.07) is 4.41. The fourth-order valence-corrected chi connectivity index (χ4v) is 5.58. The first-order valence-corrected chi connectivity index (χ1v) is 10.8. The van der Waals surface area contributed by atoms with Gasteiger partial charge in [0.1, 0.15) is 5.78 Å². The topological polar surface area (TPSA) is 20.3 Å². The fourth-order valence-electron chi connectivity index (χ4n) is 3.57. The maximum absolute atomic E-state index is 11.7. The van der Waals surface area contributed by atoms with Crippen LogP contribution < -0.4 is 0 Å². The van der Waals surface area contributed by atoms with Crippen molar-refractivity contribution < 1.29 is 4.79 Å². The maximum Gasteiger partial charge on any atom is 0.134 e. The van der Waals surface area contributed by atoms with Crippen LogP contribution in [0, 0.1) is 19.8 Å². The van der Waals surface area contributed by atoms with Crippen LogP contribution in [-0.4, -0.2) is 30.3 Å². The summed E-state index contributed by atoms with van der Waals surface area (Å²) in [6.07, 6.45) is 5.66. The van der Waals surface area contributed by atoms with Gasteiger partial charge in [0.25, 0.3) is 0 Å². The molecule has 0 aliphatic carbocycles. The number of nitrogens with zero attached hydrogens (tertiary/aromatic N) is 1. The molecule has 2 nitrogen and oxygen atoms in total. The minimum atomic E-state index is 0.247. The van der Waals surface area contributed by atoms with Crippen molar-refractivity contribution in [3.63, 3.8) is 0 Å². The molecule has 1 aliphatic rings. The van der Waals surface area contributed by atoms with Gasteiger partial charge in [-0.25, -0.2) is 0 Å². The van der Waals surface area contributed by atoms with Gasteiger partial charge in [-0.15, -0.1) is 22.7 Å². The van der Waals surface area contributed by atoms with Crippen molar-refractivity contribution in [1.29, 1.82) is 0 Å². The number of rotatable bonds is 6. The second kappa shape index (κ2) is 8.43. The predicted octanol–water partition coefficient (Wildman–Crippen LogP) is 5.55. The number of hydrogen-bond donors (Lipinski definition) is 0. The van der Waals surface area contributed by atoms with Crippen molar-refractivity contribution >= 4 is 34.0 Å². The van der Waals surface area contributed by atoms with E-state index in [9.17, 15) is 4.79 Å². The van der Waals surface area contributed by atoms with Crippen LogP contribution in [0.15, 0.2) is 29.0 Å². The van der Waals surface area contributed by atoms with Gasteiger partial charge in [0, 0.05) is 34.3 Å². The number of carbonyl (C=O) groups is 1. The number of piperidine rings is 1. The van der Waals surface area contributed by atoms with E-state index in [1.165, 1.54) is 26.5 Å². The molecule has 1 atom stereocenters. The normalized spacial score (nSPS) is 18.3. The quantitative estimate of drug-likeness (QED) is 0.662. The Kier molecular flexibility index (Phi) is 6.26. The molecular weight excluding hydrogens is 346 g/mol.